The Morgan fingerprint density at radius 1 is 1.12 bits per heavy atom. The summed E-state index contributed by atoms with van der Waals surface area (Å²) in [4.78, 5) is 34.4. The molecule has 0 atom stereocenters. The van der Waals surface area contributed by atoms with Gasteiger partial charge >= 0.3 is 6.03 Å². The molecule has 0 fully saturated rings. The lowest BCUT2D eigenvalue weighted by atomic mass is 10.0. The second kappa shape index (κ2) is 8.83. The number of sulfone groups is 1. The standard InChI is InChI=1S/C22H23N5O4S/c1-32(30,31)12-11-24-22(29)27-13-17-19(18(28)14-27)21(25-16-5-3-2-4-6-16)20(26-17)15-7-9-23-10-8-15/h2-10,25-26H,11-14H2,1H3,(H,24,29). The predicted octanol–water partition coefficient (Wildman–Crippen LogP) is 2.57. The van der Waals surface area contributed by atoms with Crippen molar-refractivity contribution in [1.29, 1.82) is 0 Å². The lowest BCUT2D eigenvalue weighted by Gasteiger charge is -2.26. The smallest absolute Gasteiger partial charge is 0.318 e. The van der Waals surface area contributed by atoms with Crippen LogP contribution in [0.25, 0.3) is 11.3 Å². The maximum atomic E-state index is 13.1. The van der Waals surface area contributed by atoms with Gasteiger partial charge in [0.25, 0.3) is 0 Å². The number of nitrogens with one attached hydrogen (secondary N) is 3. The largest absolute Gasteiger partial charge is 0.355 e. The number of rotatable bonds is 6. The van der Waals surface area contributed by atoms with Crippen molar-refractivity contribution in [3.8, 4) is 11.3 Å². The number of amides is 2. The number of hydrogen-bond acceptors (Lipinski definition) is 6. The zero-order valence-corrected chi connectivity index (χ0v) is 18.3. The molecule has 10 heteroatoms. The number of carbonyl (C=O) groups excluding carboxylic acids is 2. The summed E-state index contributed by atoms with van der Waals surface area (Å²) in [5.74, 6) is -0.370. The van der Waals surface area contributed by atoms with Gasteiger partial charge in [-0.05, 0) is 24.3 Å². The Morgan fingerprint density at radius 3 is 2.53 bits per heavy atom. The fourth-order valence-corrected chi connectivity index (χ4v) is 4.07. The first kappa shape index (κ1) is 21.6. The van der Waals surface area contributed by atoms with Gasteiger partial charge in [-0.15, -0.1) is 0 Å². The van der Waals surface area contributed by atoms with Crippen LogP contribution in [-0.2, 0) is 16.4 Å². The molecule has 0 saturated carbocycles. The molecule has 0 unspecified atom stereocenters. The molecule has 0 bridgehead atoms. The molecular formula is C22H23N5O4S. The van der Waals surface area contributed by atoms with E-state index in [1.165, 1.54) is 4.90 Å². The highest BCUT2D eigenvalue weighted by molar-refractivity contribution is 7.90. The van der Waals surface area contributed by atoms with Crippen molar-refractivity contribution in [2.45, 2.75) is 6.54 Å². The number of ketones is 1. The molecule has 3 aromatic rings. The Morgan fingerprint density at radius 2 is 1.84 bits per heavy atom. The fraction of sp³-hybridized carbons (Fsp3) is 0.227. The maximum absolute atomic E-state index is 13.1. The SMILES string of the molecule is CS(=O)(=O)CCNC(=O)N1CC(=O)c2c([nH]c(-c3ccncc3)c2Nc2ccccc2)C1. The van der Waals surface area contributed by atoms with Crippen LogP contribution in [0.5, 0.6) is 0 Å². The van der Waals surface area contributed by atoms with Crippen LogP contribution in [0.2, 0.25) is 0 Å². The van der Waals surface area contributed by atoms with E-state index in [4.69, 9.17) is 0 Å². The van der Waals surface area contributed by atoms with Crippen LogP contribution in [0, 0.1) is 0 Å². The summed E-state index contributed by atoms with van der Waals surface area (Å²) in [6.45, 7) is 0.0815. The quantitative estimate of drug-likeness (QED) is 0.527. The lowest BCUT2D eigenvalue weighted by molar-refractivity contribution is 0.0919. The van der Waals surface area contributed by atoms with Crippen molar-refractivity contribution in [2.24, 2.45) is 0 Å². The van der Waals surface area contributed by atoms with E-state index in [1.807, 2.05) is 42.5 Å². The van der Waals surface area contributed by atoms with Crippen molar-refractivity contribution in [1.82, 2.24) is 20.2 Å². The third-order valence-electron chi connectivity index (χ3n) is 5.09. The second-order valence-electron chi connectivity index (χ2n) is 7.60. The van der Waals surface area contributed by atoms with Crippen LogP contribution >= 0.6 is 0 Å². The molecule has 4 rings (SSSR count). The number of pyridine rings is 1. The van der Waals surface area contributed by atoms with Gasteiger partial charge in [0.2, 0.25) is 0 Å². The topological polar surface area (TPSA) is 124 Å². The van der Waals surface area contributed by atoms with E-state index in [0.29, 0.717) is 16.9 Å². The number of carbonyl (C=O) groups is 2. The Balaban J connectivity index is 1.64. The molecule has 32 heavy (non-hydrogen) atoms. The Hall–Kier alpha value is -3.66. The highest BCUT2D eigenvalue weighted by Crippen LogP contribution is 2.37. The van der Waals surface area contributed by atoms with Crippen molar-refractivity contribution < 1.29 is 18.0 Å². The van der Waals surface area contributed by atoms with Gasteiger partial charge in [-0.3, -0.25) is 9.78 Å². The van der Waals surface area contributed by atoms with E-state index in [0.717, 1.165) is 23.2 Å². The van der Waals surface area contributed by atoms with E-state index in [9.17, 15) is 18.0 Å². The molecule has 2 aromatic heterocycles. The van der Waals surface area contributed by atoms with Crippen molar-refractivity contribution in [3.63, 3.8) is 0 Å². The normalized spacial score (nSPS) is 13.5. The van der Waals surface area contributed by atoms with E-state index in [2.05, 4.69) is 20.6 Å². The van der Waals surface area contributed by atoms with Gasteiger partial charge in [0, 0.05) is 42.1 Å². The molecule has 1 aliphatic rings. The van der Waals surface area contributed by atoms with Crippen molar-refractivity contribution in [2.75, 3.05) is 30.4 Å². The van der Waals surface area contributed by atoms with Gasteiger partial charge in [0.1, 0.15) is 9.84 Å². The zero-order chi connectivity index (χ0) is 22.7. The summed E-state index contributed by atoms with van der Waals surface area (Å²) in [5, 5.41) is 5.92. The number of aromatic nitrogens is 2. The molecule has 3 heterocycles. The highest BCUT2D eigenvalue weighted by atomic mass is 32.2. The van der Waals surface area contributed by atoms with E-state index >= 15 is 0 Å². The number of H-pyrrole nitrogens is 1. The molecule has 1 aromatic carbocycles. The fourth-order valence-electron chi connectivity index (χ4n) is 3.60. The van der Waals surface area contributed by atoms with Gasteiger partial charge in [-0.1, -0.05) is 18.2 Å². The summed E-state index contributed by atoms with van der Waals surface area (Å²) < 4.78 is 22.6. The summed E-state index contributed by atoms with van der Waals surface area (Å²) >= 11 is 0. The average molecular weight is 454 g/mol. The van der Waals surface area contributed by atoms with Gasteiger partial charge in [-0.25, -0.2) is 13.2 Å². The molecule has 1 aliphatic heterocycles. The van der Waals surface area contributed by atoms with Crippen LogP contribution in [0.3, 0.4) is 0 Å². The van der Waals surface area contributed by atoms with Crippen LogP contribution in [-0.4, -0.2) is 60.2 Å². The number of anilines is 2. The Kier molecular flexibility index (Phi) is 5.95. The number of hydrogen-bond donors (Lipinski definition) is 3. The first-order valence-corrected chi connectivity index (χ1v) is 12.1. The van der Waals surface area contributed by atoms with Crippen LogP contribution in [0.4, 0.5) is 16.2 Å². The predicted molar refractivity (Wildman–Crippen MR) is 122 cm³/mol. The van der Waals surface area contributed by atoms with E-state index < -0.39 is 15.9 Å². The number of benzene rings is 1. The van der Waals surface area contributed by atoms with E-state index in [-0.39, 0.29) is 31.2 Å². The van der Waals surface area contributed by atoms with Gasteiger partial charge < -0.3 is 20.5 Å². The first-order chi connectivity index (χ1) is 15.3. The first-order valence-electron chi connectivity index (χ1n) is 10.0. The van der Waals surface area contributed by atoms with Crippen molar-refractivity contribution >= 4 is 33.0 Å². The molecule has 2 amide bonds. The number of Topliss-reactive ketones (excluding diaryl/α,β-unsaturated/α-hetero) is 1. The number of aromatic amines is 1. The third kappa shape index (κ3) is 4.80. The molecule has 166 valence electrons. The Bertz CT molecular complexity index is 1240. The minimum absolute atomic E-state index is 0.0109. The highest BCUT2D eigenvalue weighted by Gasteiger charge is 2.32. The molecule has 0 spiro atoms. The van der Waals surface area contributed by atoms with Gasteiger partial charge in [-0.2, -0.15) is 0 Å². The summed E-state index contributed by atoms with van der Waals surface area (Å²) in [6.07, 6.45) is 4.45. The van der Waals surface area contributed by atoms with Gasteiger partial charge in [0.15, 0.2) is 5.78 Å². The Labute approximate surface area is 185 Å². The molecule has 3 N–H and O–H groups in total. The molecule has 9 nitrogen and oxygen atoms in total. The van der Waals surface area contributed by atoms with Crippen LogP contribution in [0.1, 0.15) is 16.1 Å². The lowest BCUT2D eigenvalue weighted by Crippen LogP contribution is -2.46. The summed E-state index contributed by atoms with van der Waals surface area (Å²) in [6, 6.07) is 12.7. The average Bonchev–Trinajstić information content (AvgIpc) is 3.13. The molecular weight excluding hydrogens is 430 g/mol. The molecule has 0 radical (unpaired) electrons. The van der Waals surface area contributed by atoms with Crippen LogP contribution < -0.4 is 10.6 Å². The zero-order valence-electron chi connectivity index (χ0n) is 17.5. The molecule has 0 aliphatic carbocycles. The third-order valence-corrected chi connectivity index (χ3v) is 6.03. The number of nitrogens with zero attached hydrogens (tertiary/aromatic N) is 2. The van der Waals surface area contributed by atoms with Gasteiger partial charge in [0.05, 0.1) is 35.8 Å². The minimum atomic E-state index is -3.19. The number of urea groups is 1. The number of para-hydroxylation sites is 1. The van der Waals surface area contributed by atoms with Crippen molar-refractivity contribution in [3.05, 3.63) is 66.1 Å². The second-order valence-corrected chi connectivity index (χ2v) is 9.86. The molecule has 0 saturated heterocycles. The summed E-state index contributed by atoms with van der Waals surface area (Å²) in [5.41, 5.74) is 4.20. The monoisotopic (exact) mass is 453 g/mol. The number of fused-ring (bicyclic) bond motifs is 1. The van der Waals surface area contributed by atoms with Crippen LogP contribution in [0.15, 0.2) is 54.9 Å². The summed E-state index contributed by atoms with van der Waals surface area (Å²) in [7, 11) is -3.19. The minimum Gasteiger partial charge on any atom is -0.355 e. The maximum Gasteiger partial charge on any atom is 0.318 e. The van der Waals surface area contributed by atoms with E-state index in [1.54, 1.807) is 12.4 Å².